The van der Waals surface area contributed by atoms with Crippen LogP contribution in [0.5, 0.6) is 11.5 Å². The molecule has 0 bridgehead atoms. The monoisotopic (exact) mass is 465 g/mol. The summed E-state index contributed by atoms with van der Waals surface area (Å²) >= 11 is 0. The second kappa shape index (κ2) is 8.71. The van der Waals surface area contributed by atoms with Gasteiger partial charge in [-0.1, -0.05) is 0 Å². The van der Waals surface area contributed by atoms with E-state index in [-0.39, 0.29) is 61.4 Å². The maximum atomic E-state index is 13.2. The first-order valence-electron chi connectivity index (χ1n) is 9.90. The highest BCUT2D eigenvalue weighted by Gasteiger charge is 2.32. The lowest BCUT2D eigenvalue weighted by molar-refractivity contribution is -0.385. The van der Waals surface area contributed by atoms with Gasteiger partial charge in [0.2, 0.25) is 10.0 Å². The molecule has 0 spiro atoms. The molecule has 0 saturated carbocycles. The molecule has 0 aliphatic carbocycles. The van der Waals surface area contributed by atoms with Crippen LogP contribution in [-0.4, -0.2) is 67.8 Å². The molecule has 12 heteroatoms. The summed E-state index contributed by atoms with van der Waals surface area (Å²) in [6, 6.07) is 6.99. The van der Waals surface area contributed by atoms with Crippen molar-refractivity contribution in [2.45, 2.75) is 11.3 Å². The molecule has 2 aromatic rings. The Morgan fingerprint density at radius 3 is 2.31 bits per heavy atom. The Bertz CT molecular complexity index is 1150. The molecule has 1 amide bonds. The van der Waals surface area contributed by atoms with E-state index in [0.717, 1.165) is 12.1 Å². The molecule has 0 atom stereocenters. The van der Waals surface area contributed by atoms with E-state index >= 15 is 0 Å². The fourth-order valence-corrected chi connectivity index (χ4v) is 5.13. The van der Waals surface area contributed by atoms with Gasteiger partial charge in [-0.25, -0.2) is 12.8 Å². The lowest BCUT2D eigenvalue weighted by Gasteiger charge is -2.23. The quantitative estimate of drug-likeness (QED) is 0.501. The van der Waals surface area contributed by atoms with Crippen molar-refractivity contribution in [3.63, 3.8) is 0 Å². The SMILES string of the molecule is O=C(c1cc2c(cc1[N+](=O)[O-])OCCO2)N1CCCN(S(=O)(=O)c2ccc(F)cc2)CC1. The van der Waals surface area contributed by atoms with E-state index in [1.807, 2.05) is 0 Å². The summed E-state index contributed by atoms with van der Waals surface area (Å²) in [6.07, 6.45) is 0.338. The first kappa shape index (κ1) is 22.0. The summed E-state index contributed by atoms with van der Waals surface area (Å²) in [4.78, 5) is 25.4. The third-order valence-electron chi connectivity index (χ3n) is 5.28. The van der Waals surface area contributed by atoms with Gasteiger partial charge in [-0.3, -0.25) is 14.9 Å². The van der Waals surface area contributed by atoms with Gasteiger partial charge >= 0.3 is 0 Å². The molecule has 0 radical (unpaired) electrons. The number of halogens is 1. The molecular weight excluding hydrogens is 445 g/mol. The van der Waals surface area contributed by atoms with Gasteiger partial charge in [-0.15, -0.1) is 0 Å². The largest absolute Gasteiger partial charge is 0.486 e. The third-order valence-corrected chi connectivity index (χ3v) is 7.19. The van der Waals surface area contributed by atoms with E-state index < -0.39 is 32.4 Å². The lowest BCUT2D eigenvalue weighted by Crippen LogP contribution is -2.37. The van der Waals surface area contributed by atoms with Crippen molar-refractivity contribution < 1.29 is 32.0 Å². The number of rotatable bonds is 4. The maximum absolute atomic E-state index is 13.2. The fourth-order valence-electron chi connectivity index (χ4n) is 3.66. The van der Waals surface area contributed by atoms with Crippen LogP contribution in [-0.2, 0) is 10.0 Å². The molecule has 0 aromatic heterocycles. The molecule has 4 rings (SSSR count). The fraction of sp³-hybridized carbons (Fsp3) is 0.350. The van der Waals surface area contributed by atoms with E-state index in [9.17, 15) is 27.7 Å². The minimum absolute atomic E-state index is 0.00377. The number of nitro groups is 1. The number of carbonyl (C=O) groups is 1. The zero-order valence-electron chi connectivity index (χ0n) is 16.9. The molecule has 10 nitrogen and oxygen atoms in total. The van der Waals surface area contributed by atoms with Gasteiger partial charge in [-0.2, -0.15) is 4.31 Å². The average molecular weight is 465 g/mol. The number of nitro benzene ring substituents is 1. The summed E-state index contributed by atoms with van der Waals surface area (Å²) in [5, 5.41) is 11.6. The number of hydrogen-bond acceptors (Lipinski definition) is 7. The molecule has 0 unspecified atom stereocenters. The molecule has 0 N–H and O–H groups in total. The number of amides is 1. The van der Waals surface area contributed by atoms with Crippen LogP contribution in [0.2, 0.25) is 0 Å². The average Bonchev–Trinajstić information content (AvgIpc) is 3.05. The first-order valence-corrected chi connectivity index (χ1v) is 11.3. The van der Waals surface area contributed by atoms with Crippen LogP contribution in [0, 0.1) is 15.9 Å². The molecule has 2 aliphatic rings. The Morgan fingerprint density at radius 1 is 1.00 bits per heavy atom. The van der Waals surface area contributed by atoms with Crippen molar-refractivity contribution in [3.05, 3.63) is 57.9 Å². The van der Waals surface area contributed by atoms with E-state index in [1.165, 1.54) is 33.5 Å². The number of ether oxygens (including phenoxy) is 2. The highest BCUT2D eigenvalue weighted by Crippen LogP contribution is 2.37. The number of nitrogens with zero attached hydrogens (tertiary/aromatic N) is 3. The second-order valence-corrected chi connectivity index (χ2v) is 9.21. The minimum Gasteiger partial charge on any atom is -0.486 e. The van der Waals surface area contributed by atoms with Crippen LogP contribution in [0.1, 0.15) is 16.8 Å². The summed E-state index contributed by atoms with van der Waals surface area (Å²) in [7, 11) is -3.87. The van der Waals surface area contributed by atoms with Gasteiger partial charge in [0.25, 0.3) is 11.6 Å². The number of carbonyl (C=O) groups excluding carboxylic acids is 1. The standard InChI is InChI=1S/C20H20FN3O7S/c21-14-2-4-15(5-3-14)32(28,29)23-7-1-6-22(8-9-23)20(25)16-12-18-19(31-11-10-30-18)13-17(16)24(26)27/h2-5,12-13H,1,6-11H2. The normalized spacial score (nSPS) is 17.0. The molecule has 170 valence electrons. The van der Waals surface area contributed by atoms with Crippen molar-refractivity contribution in [2.24, 2.45) is 0 Å². The van der Waals surface area contributed by atoms with Crippen molar-refractivity contribution in [1.82, 2.24) is 9.21 Å². The Morgan fingerprint density at radius 2 is 1.66 bits per heavy atom. The summed E-state index contributed by atoms with van der Waals surface area (Å²) < 4.78 is 51.0. The highest BCUT2D eigenvalue weighted by atomic mass is 32.2. The van der Waals surface area contributed by atoms with E-state index in [4.69, 9.17) is 9.47 Å². The molecular formula is C20H20FN3O7S. The molecule has 2 aliphatic heterocycles. The van der Waals surface area contributed by atoms with Gasteiger partial charge < -0.3 is 14.4 Å². The number of hydrogen-bond donors (Lipinski definition) is 0. The van der Waals surface area contributed by atoms with E-state index in [2.05, 4.69) is 0 Å². The van der Waals surface area contributed by atoms with Gasteiger partial charge in [0.05, 0.1) is 15.9 Å². The molecule has 1 saturated heterocycles. The van der Waals surface area contributed by atoms with Crippen LogP contribution in [0.4, 0.5) is 10.1 Å². The predicted octanol–water partition coefficient (Wildman–Crippen LogP) is 2.04. The van der Waals surface area contributed by atoms with Crippen LogP contribution < -0.4 is 9.47 Å². The number of sulfonamides is 1. The molecule has 1 fully saturated rings. The minimum atomic E-state index is -3.87. The zero-order chi connectivity index (χ0) is 22.9. The predicted molar refractivity (Wildman–Crippen MR) is 110 cm³/mol. The van der Waals surface area contributed by atoms with Crippen molar-refractivity contribution in [3.8, 4) is 11.5 Å². The summed E-state index contributed by atoms with van der Waals surface area (Å²) in [5.74, 6) is -0.681. The van der Waals surface area contributed by atoms with E-state index in [0.29, 0.717) is 6.42 Å². The van der Waals surface area contributed by atoms with Crippen LogP contribution in [0.25, 0.3) is 0 Å². The number of fused-ring (bicyclic) bond motifs is 1. The van der Waals surface area contributed by atoms with Crippen LogP contribution in [0.15, 0.2) is 41.3 Å². The van der Waals surface area contributed by atoms with Crippen LogP contribution in [0.3, 0.4) is 0 Å². The molecule has 2 aromatic carbocycles. The Hall–Kier alpha value is -3.25. The van der Waals surface area contributed by atoms with Gasteiger partial charge in [0, 0.05) is 32.2 Å². The van der Waals surface area contributed by atoms with Gasteiger partial charge in [0.15, 0.2) is 11.5 Å². The topological polar surface area (TPSA) is 119 Å². The van der Waals surface area contributed by atoms with Crippen molar-refractivity contribution >= 4 is 21.6 Å². The smallest absolute Gasteiger partial charge is 0.286 e. The Kier molecular flexibility index (Phi) is 5.98. The molecule has 32 heavy (non-hydrogen) atoms. The Labute approximate surface area is 183 Å². The first-order chi connectivity index (χ1) is 15.3. The highest BCUT2D eigenvalue weighted by molar-refractivity contribution is 7.89. The van der Waals surface area contributed by atoms with Crippen molar-refractivity contribution in [2.75, 3.05) is 39.4 Å². The summed E-state index contributed by atoms with van der Waals surface area (Å²) in [6.45, 7) is 0.946. The van der Waals surface area contributed by atoms with E-state index in [1.54, 1.807) is 0 Å². The van der Waals surface area contributed by atoms with Gasteiger partial charge in [-0.05, 0) is 30.7 Å². The van der Waals surface area contributed by atoms with Crippen molar-refractivity contribution in [1.29, 1.82) is 0 Å². The Balaban J connectivity index is 1.55. The second-order valence-electron chi connectivity index (χ2n) is 7.27. The zero-order valence-corrected chi connectivity index (χ0v) is 17.7. The third kappa shape index (κ3) is 4.23. The summed E-state index contributed by atoms with van der Waals surface area (Å²) in [5.41, 5.74) is -0.548. The van der Waals surface area contributed by atoms with Gasteiger partial charge in [0.1, 0.15) is 24.6 Å². The maximum Gasteiger partial charge on any atom is 0.286 e. The number of benzene rings is 2. The molecule has 2 heterocycles. The lowest BCUT2D eigenvalue weighted by atomic mass is 10.1. The van der Waals surface area contributed by atoms with Crippen LogP contribution >= 0.6 is 0 Å².